The lowest BCUT2D eigenvalue weighted by atomic mass is 10.0. The number of anilines is 1. The second-order valence-corrected chi connectivity index (χ2v) is 11.3. The summed E-state index contributed by atoms with van der Waals surface area (Å²) in [5.74, 6) is -2.67. The van der Waals surface area contributed by atoms with Gasteiger partial charge in [-0.05, 0) is 57.3 Å². The van der Waals surface area contributed by atoms with Gasteiger partial charge >= 0.3 is 0 Å². The van der Waals surface area contributed by atoms with E-state index in [1.165, 1.54) is 6.07 Å². The zero-order valence-corrected chi connectivity index (χ0v) is 26.4. The Kier molecular flexibility index (Phi) is 15.0. The summed E-state index contributed by atoms with van der Waals surface area (Å²) >= 11 is 0. The molecule has 2 fully saturated rings. The van der Waals surface area contributed by atoms with Gasteiger partial charge in [-0.2, -0.15) is 0 Å². The average Bonchev–Trinajstić information content (AvgIpc) is 3.30. The molecule has 3 heterocycles. The SMILES string of the molecule is O=C1CCC(N2C(=O)c3cccc(NC(=O)CCCCCOCCOCCOCCOCCOC4CCNCC4)c3C2=O)C(=O)N1. The Morgan fingerprint density at radius 3 is 2.11 bits per heavy atom. The third-order valence-electron chi connectivity index (χ3n) is 7.92. The standard InChI is InChI=1S/C32H46N4O10/c37-27(34-25-6-4-5-24-29(25)32(41)36(31(24)40)26-8-9-28(38)35-30(26)39)7-2-1-3-14-42-15-16-43-17-18-44-19-20-45-21-22-46-23-10-12-33-13-11-23/h4-6,23,26,33H,1-3,7-22H2,(H,34,37)(H,35,38,39). The van der Waals surface area contributed by atoms with E-state index in [1.54, 1.807) is 12.1 Å². The predicted molar refractivity (Wildman–Crippen MR) is 165 cm³/mol. The number of ether oxygens (including phenoxy) is 5. The summed E-state index contributed by atoms with van der Waals surface area (Å²) in [6.07, 6.45) is 4.99. The van der Waals surface area contributed by atoms with Gasteiger partial charge in [0.15, 0.2) is 0 Å². The molecule has 254 valence electrons. The van der Waals surface area contributed by atoms with Crippen LogP contribution in [0.4, 0.5) is 5.69 Å². The van der Waals surface area contributed by atoms with Crippen LogP contribution in [0.1, 0.15) is 72.1 Å². The van der Waals surface area contributed by atoms with Crippen LogP contribution in [-0.4, -0.2) is 119 Å². The highest BCUT2D eigenvalue weighted by molar-refractivity contribution is 6.26. The fourth-order valence-corrected chi connectivity index (χ4v) is 5.50. The second-order valence-electron chi connectivity index (χ2n) is 11.3. The Hall–Kier alpha value is -3.27. The predicted octanol–water partition coefficient (Wildman–Crippen LogP) is 1.42. The highest BCUT2D eigenvalue weighted by Crippen LogP contribution is 2.32. The molecule has 46 heavy (non-hydrogen) atoms. The Morgan fingerprint density at radius 2 is 1.43 bits per heavy atom. The minimum absolute atomic E-state index is 0.0363. The maximum atomic E-state index is 13.2. The van der Waals surface area contributed by atoms with Crippen molar-refractivity contribution in [3.05, 3.63) is 29.3 Å². The monoisotopic (exact) mass is 646 g/mol. The lowest BCUT2D eigenvalue weighted by molar-refractivity contribution is -0.136. The molecule has 1 aromatic rings. The van der Waals surface area contributed by atoms with Crippen molar-refractivity contribution in [1.82, 2.24) is 15.5 Å². The molecule has 0 radical (unpaired) electrons. The van der Waals surface area contributed by atoms with Crippen LogP contribution in [0.2, 0.25) is 0 Å². The molecule has 0 aromatic heterocycles. The number of carbonyl (C=O) groups excluding carboxylic acids is 5. The van der Waals surface area contributed by atoms with E-state index in [0.29, 0.717) is 72.0 Å². The van der Waals surface area contributed by atoms with Gasteiger partial charge in [0.25, 0.3) is 11.8 Å². The van der Waals surface area contributed by atoms with Crippen molar-refractivity contribution in [3.8, 4) is 0 Å². The highest BCUT2D eigenvalue weighted by atomic mass is 16.6. The van der Waals surface area contributed by atoms with Gasteiger partial charge < -0.3 is 34.3 Å². The first-order chi connectivity index (χ1) is 22.5. The molecule has 2 saturated heterocycles. The Bertz CT molecular complexity index is 1190. The number of nitrogens with one attached hydrogen (secondary N) is 3. The molecule has 0 spiro atoms. The molecule has 0 aliphatic carbocycles. The van der Waals surface area contributed by atoms with Crippen LogP contribution in [0.3, 0.4) is 0 Å². The van der Waals surface area contributed by atoms with Crippen LogP contribution in [0, 0.1) is 0 Å². The smallest absolute Gasteiger partial charge is 0.264 e. The van der Waals surface area contributed by atoms with Gasteiger partial charge in [0, 0.05) is 19.4 Å². The fraction of sp³-hybridized carbons (Fsp3) is 0.656. The van der Waals surface area contributed by atoms with Crippen molar-refractivity contribution in [2.45, 2.75) is 63.5 Å². The number of hydrogen-bond acceptors (Lipinski definition) is 11. The van der Waals surface area contributed by atoms with Crippen molar-refractivity contribution in [2.24, 2.45) is 0 Å². The van der Waals surface area contributed by atoms with E-state index in [0.717, 1.165) is 43.7 Å². The van der Waals surface area contributed by atoms with Crippen molar-refractivity contribution in [2.75, 3.05) is 77.9 Å². The van der Waals surface area contributed by atoms with E-state index in [-0.39, 0.29) is 42.0 Å². The summed E-state index contributed by atoms with van der Waals surface area (Å²) in [5, 5.41) is 8.22. The van der Waals surface area contributed by atoms with E-state index in [4.69, 9.17) is 23.7 Å². The molecular weight excluding hydrogens is 600 g/mol. The number of amides is 5. The van der Waals surface area contributed by atoms with E-state index < -0.39 is 29.7 Å². The number of imide groups is 2. The number of unbranched alkanes of at least 4 members (excludes halogenated alkanes) is 2. The summed E-state index contributed by atoms with van der Waals surface area (Å²) < 4.78 is 27.9. The van der Waals surface area contributed by atoms with Gasteiger partial charge in [-0.25, -0.2) is 0 Å². The lowest BCUT2D eigenvalue weighted by Crippen LogP contribution is -2.54. The molecule has 3 N–H and O–H groups in total. The molecule has 4 rings (SSSR count). The summed E-state index contributed by atoms with van der Waals surface area (Å²) in [4.78, 5) is 63.4. The Balaban J connectivity index is 0.974. The molecular formula is C32H46N4O10. The largest absolute Gasteiger partial charge is 0.379 e. The number of nitrogens with zero attached hydrogens (tertiary/aromatic N) is 1. The van der Waals surface area contributed by atoms with Gasteiger partial charge in [0.1, 0.15) is 6.04 Å². The maximum absolute atomic E-state index is 13.2. The lowest BCUT2D eigenvalue weighted by Gasteiger charge is -2.27. The minimum Gasteiger partial charge on any atom is -0.379 e. The summed E-state index contributed by atoms with van der Waals surface area (Å²) in [6.45, 7) is 6.74. The normalized spacial score (nSPS) is 18.6. The zero-order chi connectivity index (χ0) is 32.6. The first-order valence-electron chi connectivity index (χ1n) is 16.2. The number of piperidine rings is 2. The van der Waals surface area contributed by atoms with E-state index in [1.807, 2.05) is 0 Å². The van der Waals surface area contributed by atoms with E-state index in [2.05, 4.69) is 16.0 Å². The van der Waals surface area contributed by atoms with E-state index >= 15 is 0 Å². The third-order valence-corrected chi connectivity index (χ3v) is 7.92. The first-order valence-corrected chi connectivity index (χ1v) is 16.2. The summed E-state index contributed by atoms with van der Waals surface area (Å²) in [7, 11) is 0. The molecule has 3 aliphatic heterocycles. The molecule has 0 bridgehead atoms. The summed E-state index contributed by atoms with van der Waals surface area (Å²) in [6, 6.07) is 3.56. The number of hydrogen-bond donors (Lipinski definition) is 3. The molecule has 5 amide bonds. The van der Waals surface area contributed by atoms with Gasteiger partial charge in [-0.1, -0.05) is 12.5 Å². The molecule has 14 nitrogen and oxygen atoms in total. The third kappa shape index (κ3) is 10.9. The van der Waals surface area contributed by atoms with Gasteiger partial charge in [0.05, 0.1) is 75.8 Å². The van der Waals surface area contributed by atoms with Gasteiger partial charge in [0.2, 0.25) is 17.7 Å². The van der Waals surface area contributed by atoms with Crippen LogP contribution in [0.15, 0.2) is 18.2 Å². The Morgan fingerprint density at radius 1 is 0.783 bits per heavy atom. The molecule has 3 aliphatic rings. The van der Waals surface area contributed by atoms with Crippen LogP contribution < -0.4 is 16.0 Å². The second kappa shape index (κ2) is 19.4. The van der Waals surface area contributed by atoms with Crippen LogP contribution in [0.5, 0.6) is 0 Å². The van der Waals surface area contributed by atoms with Gasteiger partial charge in [-0.3, -0.25) is 34.2 Å². The topological polar surface area (TPSA) is 171 Å². The molecule has 0 saturated carbocycles. The minimum atomic E-state index is -1.06. The van der Waals surface area contributed by atoms with E-state index in [9.17, 15) is 24.0 Å². The van der Waals surface area contributed by atoms with Crippen LogP contribution in [-0.2, 0) is 38.1 Å². The molecule has 14 heteroatoms. The average molecular weight is 647 g/mol. The molecule has 1 atom stereocenters. The van der Waals surface area contributed by atoms with Crippen molar-refractivity contribution >= 4 is 35.2 Å². The van der Waals surface area contributed by atoms with Crippen molar-refractivity contribution < 1.29 is 47.7 Å². The Labute approximate surface area is 269 Å². The van der Waals surface area contributed by atoms with Crippen LogP contribution >= 0.6 is 0 Å². The summed E-state index contributed by atoms with van der Waals surface area (Å²) in [5.41, 5.74) is 0.410. The number of fused-ring (bicyclic) bond motifs is 1. The molecule has 1 unspecified atom stereocenters. The van der Waals surface area contributed by atoms with Crippen molar-refractivity contribution in [1.29, 1.82) is 0 Å². The van der Waals surface area contributed by atoms with Crippen molar-refractivity contribution in [3.63, 3.8) is 0 Å². The zero-order valence-electron chi connectivity index (χ0n) is 26.4. The number of carbonyl (C=O) groups is 5. The number of rotatable bonds is 21. The maximum Gasteiger partial charge on any atom is 0.264 e. The highest BCUT2D eigenvalue weighted by Gasteiger charge is 2.45. The first kappa shape index (κ1) is 35.6. The molecule has 1 aromatic carbocycles. The quantitative estimate of drug-likeness (QED) is 0.130. The number of benzene rings is 1. The fourth-order valence-electron chi connectivity index (χ4n) is 5.50. The van der Waals surface area contributed by atoms with Crippen LogP contribution in [0.25, 0.3) is 0 Å². The van der Waals surface area contributed by atoms with Gasteiger partial charge in [-0.15, -0.1) is 0 Å².